The van der Waals surface area contributed by atoms with Gasteiger partial charge in [-0.15, -0.1) is 11.3 Å². The summed E-state index contributed by atoms with van der Waals surface area (Å²) in [4.78, 5) is 3.84. The minimum absolute atomic E-state index is 0.0257. The lowest BCUT2D eigenvalue weighted by atomic mass is 9.84. The Kier molecular flexibility index (Phi) is 8.19. The highest BCUT2D eigenvalue weighted by atomic mass is 32.2. The fourth-order valence-corrected chi connectivity index (χ4v) is 7.26. The van der Waals surface area contributed by atoms with E-state index in [0.29, 0.717) is 10.6 Å². The standard InChI is InChI=1S/C26H35N3O4S2/c1-26(2)13-22-20(16-29(26)15-17-7-5-4-6-8-17)19(14-27)25(34-22)28-24(30)12-18-9-10-23(35(31)32)21(11-18)33-3/h9-11,17,24,28,30H,4-8,12-13,15-16H2,1-3H3,(H,31,32)/p-1. The molecule has 0 radical (unpaired) electrons. The summed E-state index contributed by atoms with van der Waals surface area (Å²) in [6.07, 6.45) is 6.78. The van der Waals surface area contributed by atoms with Crippen LogP contribution in [0.3, 0.4) is 0 Å². The molecule has 1 fully saturated rings. The number of nitriles is 1. The maximum absolute atomic E-state index is 11.3. The Balaban J connectivity index is 1.49. The largest absolute Gasteiger partial charge is 0.768 e. The Morgan fingerprint density at radius 1 is 1.37 bits per heavy atom. The molecule has 2 aliphatic rings. The van der Waals surface area contributed by atoms with E-state index in [2.05, 4.69) is 30.1 Å². The van der Waals surface area contributed by atoms with E-state index in [0.717, 1.165) is 36.6 Å². The van der Waals surface area contributed by atoms with Gasteiger partial charge >= 0.3 is 0 Å². The number of benzene rings is 1. The van der Waals surface area contributed by atoms with Crippen LogP contribution in [0.5, 0.6) is 5.75 Å². The van der Waals surface area contributed by atoms with Crippen molar-refractivity contribution in [3.63, 3.8) is 0 Å². The van der Waals surface area contributed by atoms with Crippen LogP contribution in [0, 0.1) is 17.2 Å². The molecule has 2 heterocycles. The molecule has 0 spiro atoms. The molecule has 2 unspecified atom stereocenters. The van der Waals surface area contributed by atoms with Gasteiger partial charge in [0.2, 0.25) is 0 Å². The Morgan fingerprint density at radius 3 is 2.77 bits per heavy atom. The first-order valence-electron chi connectivity index (χ1n) is 12.2. The number of ether oxygens (including phenoxy) is 1. The van der Waals surface area contributed by atoms with Crippen LogP contribution in [0.1, 0.15) is 67.5 Å². The molecule has 1 saturated carbocycles. The Morgan fingerprint density at radius 2 is 2.11 bits per heavy atom. The van der Waals surface area contributed by atoms with Gasteiger partial charge in [0.15, 0.2) is 0 Å². The van der Waals surface area contributed by atoms with Crippen molar-refractivity contribution in [1.29, 1.82) is 5.26 Å². The highest BCUT2D eigenvalue weighted by Crippen LogP contribution is 2.42. The fraction of sp³-hybridized carbons (Fsp3) is 0.577. The monoisotopic (exact) mass is 516 g/mol. The molecule has 1 aromatic heterocycles. The number of nitrogens with one attached hydrogen (secondary N) is 1. The van der Waals surface area contributed by atoms with Crippen LogP contribution >= 0.6 is 11.3 Å². The third-order valence-electron chi connectivity index (χ3n) is 7.34. The van der Waals surface area contributed by atoms with Crippen molar-refractivity contribution < 1.29 is 18.6 Å². The maximum atomic E-state index is 11.3. The van der Waals surface area contributed by atoms with Crippen molar-refractivity contribution in [3.8, 4) is 11.8 Å². The smallest absolute Gasteiger partial charge is 0.134 e. The van der Waals surface area contributed by atoms with Crippen LogP contribution in [0.25, 0.3) is 0 Å². The van der Waals surface area contributed by atoms with Crippen molar-refractivity contribution in [1.82, 2.24) is 4.90 Å². The van der Waals surface area contributed by atoms with E-state index in [9.17, 15) is 19.1 Å². The zero-order valence-corrected chi connectivity index (χ0v) is 22.3. The van der Waals surface area contributed by atoms with Gasteiger partial charge in [-0.05, 0) is 61.4 Å². The zero-order chi connectivity index (χ0) is 25.2. The second-order valence-corrected chi connectivity index (χ2v) is 12.3. The Bertz CT molecular complexity index is 1120. The third kappa shape index (κ3) is 5.89. The van der Waals surface area contributed by atoms with E-state index in [-0.39, 0.29) is 22.6 Å². The normalized spacial score (nSPS) is 20.0. The van der Waals surface area contributed by atoms with Gasteiger partial charge < -0.3 is 19.7 Å². The number of rotatable bonds is 8. The molecule has 1 aliphatic carbocycles. The molecule has 35 heavy (non-hydrogen) atoms. The molecular weight excluding hydrogens is 482 g/mol. The van der Waals surface area contributed by atoms with E-state index in [1.54, 1.807) is 23.5 Å². The highest BCUT2D eigenvalue weighted by Gasteiger charge is 2.37. The minimum Gasteiger partial charge on any atom is -0.768 e. The van der Waals surface area contributed by atoms with E-state index < -0.39 is 17.3 Å². The molecule has 2 N–H and O–H groups in total. The summed E-state index contributed by atoms with van der Waals surface area (Å²) in [5.41, 5.74) is 2.47. The van der Waals surface area contributed by atoms with Gasteiger partial charge in [0.1, 0.15) is 23.0 Å². The molecule has 7 nitrogen and oxygen atoms in total. The summed E-state index contributed by atoms with van der Waals surface area (Å²) in [7, 11) is 1.42. The van der Waals surface area contributed by atoms with Crippen molar-refractivity contribution in [2.45, 2.75) is 82.0 Å². The number of thiophene rings is 1. The van der Waals surface area contributed by atoms with Crippen molar-refractivity contribution in [3.05, 3.63) is 39.8 Å². The van der Waals surface area contributed by atoms with E-state index in [1.807, 2.05) is 0 Å². The molecule has 9 heteroatoms. The first-order chi connectivity index (χ1) is 16.7. The predicted molar refractivity (Wildman–Crippen MR) is 137 cm³/mol. The van der Waals surface area contributed by atoms with Gasteiger partial charge in [-0.25, -0.2) is 0 Å². The quantitative estimate of drug-likeness (QED) is 0.391. The topological polar surface area (TPSA) is 109 Å². The fourth-order valence-electron chi connectivity index (χ4n) is 5.35. The lowest BCUT2D eigenvalue weighted by Crippen LogP contribution is -2.50. The number of methoxy groups -OCH3 is 1. The minimum atomic E-state index is -2.40. The van der Waals surface area contributed by atoms with Gasteiger partial charge in [0, 0.05) is 41.9 Å². The summed E-state index contributed by atoms with van der Waals surface area (Å²) < 4.78 is 27.8. The number of hydrogen-bond donors (Lipinski definition) is 2. The van der Waals surface area contributed by atoms with Gasteiger partial charge in [-0.2, -0.15) is 5.26 Å². The average Bonchev–Trinajstić information content (AvgIpc) is 3.13. The highest BCUT2D eigenvalue weighted by molar-refractivity contribution is 7.79. The summed E-state index contributed by atoms with van der Waals surface area (Å²) in [6, 6.07) is 7.13. The molecule has 1 aromatic carbocycles. The molecule has 4 rings (SSSR count). The van der Waals surface area contributed by atoms with Crippen LogP contribution in [-0.2, 0) is 30.5 Å². The molecular formula is C26H34N3O4S2-. The lowest BCUT2D eigenvalue weighted by Gasteiger charge is -2.44. The van der Waals surface area contributed by atoms with Crippen molar-refractivity contribution in [2.24, 2.45) is 5.92 Å². The molecule has 2 atom stereocenters. The summed E-state index contributed by atoms with van der Waals surface area (Å²) in [6.45, 7) is 6.42. The molecule has 0 amide bonds. The maximum Gasteiger partial charge on any atom is 0.134 e. The number of aliphatic hydroxyl groups excluding tert-OH is 1. The van der Waals surface area contributed by atoms with Crippen LogP contribution in [0.15, 0.2) is 23.1 Å². The van der Waals surface area contributed by atoms with Gasteiger partial charge in [-0.1, -0.05) is 25.3 Å². The molecule has 0 saturated heterocycles. The van der Waals surface area contributed by atoms with Gasteiger partial charge in [-0.3, -0.25) is 9.11 Å². The second kappa shape index (κ2) is 11.0. The number of fused-ring (bicyclic) bond motifs is 1. The van der Waals surface area contributed by atoms with Crippen LogP contribution in [0.4, 0.5) is 5.00 Å². The first-order valence-corrected chi connectivity index (χ1v) is 14.1. The lowest BCUT2D eigenvalue weighted by molar-refractivity contribution is 0.0706. The van der Waals surface area contributed by atoms with Crippen molar-refractivity contribution >= 4 is 27.4 Å². The summed E-state index contributed by atoms with van der Waals surface area (Å²) >= 11 is -0.834. The molecule has 190 valence electrons. The first kappa shape index (κ1) is 26.1. The summed E-state index contributed by atoms with van der Waals surface area (Å²) in [5.74, 6) is 0.975. The van der Waals surface area contributed by atoms with Gasteiger partial charge in [0.25, 0.3) is 0 Å². The molecule has 2 aromatic rings. The number of anilines is 1. The Hall–Kier alpha value is -1.96. The van der Waals surface area contributed by atoms with E-state index >= 15 is 0 Å². The Labute approximate surface area is 214 Å². The molecule has 1 aliphatic heterocycles. The van der Waals surface area contributed by atoms with E-state index in [1.165, 1.54) is 50.2 Å². The van der Waals surface area contributed by atoms with Crippen LogP contribution in [0.2, 0.25) is 0 Å². The number of aliphatic hydroxyl groups is 1. The van der Waals surface area contributed by atoms with Crippen LogP contribution < -0.4 is 10.1 Å². The SMILES string of the molecule is COc1cc(CC(O)Nc2sc3c(c2C#N)CN(CC2CCCCC2)C(C)(C)C3)ccc1S(=O)[O-]. The number of nitrogens with zero attached hydrogens (tertiary/aromatic N) is 2. The number of hydrogen-bond acceptors (Lipinski definition) is 8. The van der Waals surface area contributed by atoms with Crippen molar-refractivity contribution in [2.75, 3.05) is 19.0 Å². The zero-order valence-electron chi connectivity index (χ0n) is 20.6. The second-order valence-electron chi connectivity index (χ2n) is 10.3. The predicted octanol–water partition coefficient (Wildman–Crippen LogP) is 4.56. The third-order valence-corrected chi connectivity index (χ3v) is 9.20. The average molecular weight is 517 g/mol. The molecule has 0 bridgehead atoms. The van der Waals surface area contributed by atoms with Crippen LogP contribution in [-0.4, -0.2) is 44.2 Å². The summed E-state index contributed by atoms with van der Waals surface area (Å²) in [5, 5.41) is 24.6. The van der Waals surface area contributed by atoms with E-state index in [4.69, 9.17) is 4.74 Å². The van der Waals surface area contributed by atoms with Gasteiger partial charge in [0.05, 0.1) is 17.6 Å².